The second kappa shape index (κ2) is 13.1. The minimum absolute atomic E-state index is 0.331. The van der Waals surface area contributed by atoms with Gasteiger partial charge in [0, 0.05) is 0 Å². The molecule has 0 heterocycles. The van der Waals surface area contributed by atoms with Crippen molar-refractivity contribution < 1.29 is 14.4 Å². The molecule has 1 aromatic rings. The van der Waals surface area contributed by atoms with Crippen molar-refractivity contribution in [3.63, 3.8) is 0 Å². The molecule has 0 unspecified atom stereocenters. The first-order valence-electron chi connectivity index (χ1n) is 9.11. The minimum atomic E-state index is -0.879. The Morgan fingerprint density at radius 1 is 0.870 bits per heavy atom. The molecule has 0 radical (unpaired) electrons. The number of quaternary nitrogens is 1. The fourth-order valence-corrected chi connectivity index (χ4v) is 2.54. The van der Waals surface area contributed by atoms with Crippen LogP contribution >= 0.6 is 0 Å². The summed E-state index contributed by atoms with van der Waals surface area (Å²) in [5, 5.41) is 8.38. The predicted molar refractivity (Wildman–Crippen MR) is 98.9 cm³/mol. The first-order valence-corrected chi connectivity index (χ1v) is 9.11. The molecule has 0 fully saturated rings. The lowest BCUT2D eigenvalue weighted by molar-refractivity contribution is -0.910. The Balaban J connectivity index is 0.000000459. The van der Waals surface area contributed by atoms with E-state index in [9.17, 15) is 4.79 Å². The average Bonchev–Trinajstić information content (AvgIpc) is 2.58. The van der Waals surface area contributed by atoms with Crippen molar-refractivity contribution in [2.45, 2.75) is 59.3 Å². The molecule has 0 aliphatic heterocycles. The number of carboxylic acids is 1. The molecule has 23 heavy (non-hydrogen) atoms. The Labute approximate surface area is 142 Å². The van der Waals surface area contributed by atoms with E-state index in [1.807, 2.05) is 0 Å². The van der Waals surface area contributed by atoms with Crippen molar-refractivity contribution in [2.24, 2.45) is 0 Å². The number of unbranched alkanes of at least 4 members (excludes halogenated alkanes) is 3. The minimum Gasteiger partial charge on any atom is -0.478 e. The fourth-order valence-electron chi connectivity index (χ4n) is 2.54. The smallest absolute Gasteiger partial charge is 0.335 e. The first kappa shape index (κ1) is 21.6. The van der Waals surface area contributed by atoms with E-state index in [0.717, 1.165) is 0 Å². The van der Waals surface area contributed by atoms with Crippen LogP contribution in [0, 0.1) is 0 Å². The average molecular weight is 323 g/mol. The third-order valence-electron chi connectivity index (χ3n) is 4.18. The van der Waals surface area contributed by atoms with Gasteiger partial charge in [-0.2, -0.15) is 0 Å². The van der Waals surface area contributed by atoms with E-state index in [1.54, 1.807) is 30.3 Å². The molecule has 132 valence electrons. The second-order valence-electron chi connectivity index (χ2n) is 6.52. The second-order valence-corrected chi connectivity index (χ2v) is 6.52. The van der Waals surface area contributed by atoms with E-state index < -0.39 is 5.97 Å². The molecule has 0 spiro atoms. The molecule has 3 nitrogen and oxygen atoms in total. The third kappa shape index (κ3) is 10.9. The zero-order valence-corrected chi connectivity index (χ0v) is 15.6. The van der Waals surface area contributed by atoms with Crippen molar-refractivity contribution in [3.05, 3.63) is 35.9 Å². The number of benzene rings is 1. The van der Waals surface area contributed by atoms with Crippen LogP contribution in [0.25, 0.3) is 0 Å². The maximum absolute atomic E-state index is 10.2. The van der Waals surface area contributed by atoms with Crippen molar-refractivity contribution in [2.75, 3.05) is 26.7 Å². The summed E-state index contributed by atoms with van der Waals surface area (Å²) in [6.45, 7) is 11.0. The van der Waals surface area contributed by atoms with Crippen LogP contribution in [0.1, 0.15) is 69.7 Å². The Morgan fingerprint density at radius 2 is 1.26 bits per heavy atom. The van der Waals surface area contributed by atoms with Crippen LogP contribution in [0.4, 0.5) is 0 Å². The zero-order chi connectivity index (χ0) is 17.6. The normalized spacial score (nSPS) is 10.8. The maximum Gasteiger partial charge on any atom is 0.335 e. The van der Waals surface area contributed by atoms with Gasteiger partial charge in [0.25, 0.3) is 0 Å². The quantitative estimate of drug-likeness (QED) is 0.600. The molecule has 1 N–H and O–H groups in total. The van der Waals surface area contributed by atoms with Crippen molar-refractivity contribution in [1.82, 2.24) is 0 Å². The van der Waals surface area contributed by atoms with Gasteiger partial charge < -0.3 is 9.59 Å². The van der Waals surface area contributed by atoms with Crippen LogP contribution in [0.15, 0.2) is 30.3 Å². The number of carboxylic acid groups (broad SMARTS) is 1. The van der Waals surface area contributed by atoms with E-state index in [4.69, 9.17) is 5.11 Å². The number of aromatic carboxylic acids is 1. The van der Waals surface area contributed by atoms with Gasteiger partial charge in [-0.25, -0.2) is 4.79 Å². The Morgan fingerprint density at radius 3 is 1.52 bits per heavy atom. The van der Waals surface area contributed by atoms with Gasteiger partial charge in [0.2, 0.25) is 0 Å². The van der Waals surface area contributed by atoms with Gasteiger partial charge in [-0.05, 0) is 31.4 Å². The lowest BCUT2D eigenvalue weighted by atomic mass is 10.2. The van der Waals surface area contributed by atoms with Gasteiger partial charge in [-0.1, -0.05) is 58.2 Å². The van der Waals surface area contributed by atoms with Crippen LogP contribution in [0.3, 0.4) is 0 Å². The molecule has 0 saturated carbocycles. The topological polar surface area (TPSA) is 37.3 Å². The number of nitrogens with zero attached hydrogens (tertiary/aromatic N) is 1. The standard InChI is InChI=1S/C13H30N.C7H6O2/c1-5-8-11-14(4,12-9-6-2)13-10-7-3;8-7(9)6-4-2-1-3-5-6/h5-13H2,1-4H3;1-5H,(H,8,9)/q+1;. The summed E-state index contributed by atoms with van der Waals surface area (Å²) in [7, 11) is 2.45. The molecule has 0 atom stereocenters. The van der Waals surface area contributed by atoms with Crippen molar-refractivity contribution in [1.29, 1.82) is 0 Å². The Bertz CT molecular complexity index is 382. The van der Waals surface area contributed by atoms with E-state index in [0.29, 0.717) is 5.56 Å². The highest BCUT2D eigenvalue weighted by Crippen LogP contribution is 2.10. The molecule has 0 aliphatic rings. The maximum atomic E-state index is 10.2. The van der Waals surface area contributed by atoms with Gasteiger partial charge in [0.15, 0.2) is 0 Å². The van der Waals surface area contributed by atoms with Gasteiger partial charge in [0.1, 0.15) is 0 Å². The molecule has 1 rings (SSSR count). The molecule has 0 bridgehead atoms. The molecule has 0 amide bonds. The van der Waals surface area contributed by atoms with E-state index in [1.165, 1.54) is 62.6 Å². The molecule has 0 aliphatic carbocycles. The molecule has 1 aromatic carbocycles. The molecular formula is C20H36NO2+. The zero-order valence-electron chi connectivity index (χ0n) is 15.6. The van der Waals surface area contributed by atoms with Crippen LogP contribution in [0.5, 0.6) is 0 Å². The summed E-state index contributed by atoms with van der Waals surface area (Å²) in [5.74, 6) is -0.879. The predicted octanol–water partition coefficient (Wildman–Crippen LogP) is 5.22. The summed E-state index contributed by atoms with van der Waals surface area (Å²) in [4.78, 5) is 10.2. The summed E-state index contributed by atoms with van der Waals surface area (Å²) in [5.41, 5.74) is 0.331. The number of carbonyl (C=O) groups is 1. The van der Waals surface area contributed by atoms with Gasteiger partial charge in [-0.15, -0.1) is 0 Å². The van der Waals surface area contributed by atoms with Crippen LogP contribution < -0.4 is 0 Å². The largest absolute Gasteiger partial charge is 0.478 e. The van der Waals surface area contributed by atoms with Crippen molar-refractivity contribution in [3.8, 4) is 0 Å². The Hall–Kier alpha value is -1.35. The SMILES string of the molecule is CCCC[N+](C)(CCCC)CCCC.O=C(O)c1ccccc1. The molecular weight excluding hydrogens is 286 g/mol. The highest BCUT2D eigenvalue weighted by molar-refractivity contribution is 5.87. The lowest BCUT2D eigenvalue weighted by Crippen LogP contribution is -2.46. The molecule has 3 heteroatoms. The van der Waals surface area contributed by atoms with Crippen LogP contribution in [0.2, 0.25) is 0 Å². The summed E-state index contributed by atoms with van der Waals surface area (Å²) in [6, 6.07) is 8.30. The third-order valence-corrected chi connectivity index (χ3v) is 4.18. The molecule has 0 saturated heterocycles. The summed E-state index contributed by atoms with van der Waals surface area (Å²) < 4.78 is 1.32. The number of hydrogen-bond donors (Lipinski definition) is 1. The molecule has 0 aromatic heterocycles. The van der Waals surface area contributed by atoms with Gasteiger partial charge in [-0.3, -0.25) is 0 Å². The van der Waals surface area contributed by atoms with Gasteiger partial charge >= 0.3 is 5.97 Å². The number of rotatable bonds is 10. The number of hydrogen-bond acceptors (Lipinski definition) is 1. The monoisotopic (exact) mass is 322 g/mol. The highest BCUT2D eigenvalue weighted by atomic mass is 16.4. The van der Waals surface area contributed by atoms with E-state index in [-0.39, 0.29) is 0 Å². The highest BCUT2D eigenvalue weighted by Gasteiger charge is 2.18. The van der Waals surface area contributed by atoms with Crippen LogP contribution in [-0.4, -0.2) is 42.2 Å². The Kier molecular flexibility index (Phi) is 12.4. The van der Waals surface area contributed by atoms with Crippen molar-refractivity contribution >= 4 is 5.97 Å². The summed E-state index contributed by atoms with van der Waals surface area (Å²) >= 11 is 0. The van der Waals surface area contributed by atoms with Crippen LogP contribution in [-0.2, 0) is 0 Å². The summed E-state index contributed by atoms with van der Waals surface area (Å²) in [6.07, 6.45) is 8.20. The van der Waals surface area contributed by atoms with Gasteiger partial charge in [0.05, 0.1) is 32.2 Å². The fraction of sp³-hybridized carbons (Fsp3) is 0.650. The lowest BCUT2D eigenvalue weighted by Gasteiger charge is -2.34. The first-order chi connectivity index (χ1) is 11.0. The van der Waals surface area contributed by atoms with E-state index >= 15 is 0 Å². The van der Waals surface area contributed by atoms with E-state index in [2.05, 4.69) is 27.8 Å².